The summed E-state index contributed by atoms with van der Waals surface area (Å²) in [5.41, 5.74) is 0. The van der Waals surface area contributed by atoms with Crippen molar-refractivity contribution < 1.29 is 26.5 Å². The van der Waals surface area contributed by atoms with Gasteiger partial charge in [0.1, 0.15) is 6.61 Å². The Kier molecular flexibility index (Phi) is 2.69. The van der Waals surface area contributed by atoms with Crippen LogP contribution in [0.4, 0.5) is 8.78 Å². The second-order valence-electron chi connectivity index (χ2n) is 1.55. The molecule has 0 saturated heterocycles. The molecular weight excluding hydrogens is 170 g/mol. The van der Waals surface area contributed by atoms with Crippen LogP contribution in [0.3, 0.4) is 0 Å². The summed E-state index contributed by atoms with van der Waals surface area (Å²) in [4.78, 5) is 0. The molecule has 0 rings (SSSR count). The molecule has 0 bridgehead atoms. The molecule has 0 spiro atoms. The minimum atomic E-state index is -5.32. The quantitative estimate of drug-likeness (QED) is 0.620. The summed E-state index contributed by atoms with van der Waals surface area (Å²) in [6, 6.07) is 0. The molecule has 0 atom stereocenters. The molecule has 7 heteroatoms. The number of rotatable bonds is 3. The monoisotopic (exact) mass is 176 g/mol. The maximum Gasteiger partial charge on any atom is 0.392 e. The third-order valence-corrected chi connectivity index (χ3v) is 1.56. The van der Waals surface area contributed by atoms with E-state index in [-0.39, 0.29) is 0 Å². The smallest absolute Gasteiger partial charge is 0.377 e. The molecule has 0 aromatic heterocycles. The Balaban J connectivity index is 4.42. The number of hydrogen-bond acceptors (Lipinski definition) is 3. The highest BCUT2D eigenvalue weighted by Gasteiger charge is 2.43. The topological polar surface area (TPSA) is 63.6 Å². The highest BCUT2D eigenvalue weighted by Crippen LogP contribution is 2.19. The fourth-order valence-corrected chi connectivity index (χ4v) is 0.509. The van der Waals surface area contributed by atoms with Crippen LogP contribution in [0.2, 0.25) is 0 Å². The summed E-state index contributed by atoms with van der Waals surface area (Å²) in [6.45, 7) is -1.34. The summed E-state index contributed by atoms with van der Waals surface area (Å²) >= 11 is 0. The molecule has 0 amide bonds. The number of hydrogen-bond donors (Lipinski definition) is 1. The molecule has 0 aliphatic rings. The van der Waals surface area contributed by atoms with Crippen LogP contribution < -0.4 is 0 Å². The van der Waals surface area contributed by atoms with Crippen LogP contribution in [0.15, 0.2) is 0 Å². The van der Waals surface area contributed by atoms with Crippen molar-refractivity contribution >= 4 is 10.1 Å². The highest BCUT2D eigenvalue weighted by molar-refractivity contribution is 7.86. The van der Waals surface area contributed by atoms with Crippen LogP contribution in [0.1, 0.15) is 0 Å². The van der Waals surface area contributed by atoms with Gasteiger partial charge in [-0.3, -0.25) is 4.55 Å². The molecule has 1 N–H and O–H groups in total. The van der Waals surface area contributed by atoms with Crippen molar-refractivity contribution in [3.8, 4) is 0 Å². The van der Waals surface area contributed by atoms with Gasteiger partial charge in [0.15, 0.2) is 0 Å². The fraction of sp³-hybridized carbons (Fsp3) is 1.00. The second kappa shape index (κ2) is 2.77. The first-order chi connectivity index (χ1) is 4.31. The van der Waals surface area contributed by atoms with E-state index in [1.165, 1.54) is 0 Å². The Morgan fingerprint density at radius 2 is 2.00 bits per heavy atom. The third-order valence-electron chi connectivity index (χ3n) is 0.690. The Hall–Kier alpha value is -0.270. The molecule has 0 unspecified atom stereocenters. The predicted octanol–water partition coefficient (Wildman–Crippen LogP) is 0.113. The highest BCUT2D eigenvalue weighted by atomic mass is 32.2. The molecule has 0 saturated carbocycles. The van der Waals surface area contributed by atoms with Gasteiger partial charge in [-0.05, 0) is 0 Å². The van der Waals surface area contributed by atoms with Crippen molar-refractivity contribution in [3.05, 3.63) is 0 Å². The summed E-state index contributed by atoms with van der Waals surface area (Å²) in [5.74, 6) is 0. The number of methoxy groups -OCH3 is 1. The van der Waals surface area contributed by atoms with Gasteiger partial charge in [0.2, 0.25) is 0 Å². The first kappa shape index (κ1) is 9.73. The van der Waals surface area contributed by atoms with Crippen LogP contribution in [-0.4, -0.2) is 31.9 Å². The lowest BCUT2D eigenvalue weighted by molar-refractivity contribution is -0.00160. The molecule has 4 nitrogen and oxygen atoms in total. The molecule has 0 aliphatic carbocycles. The number of halogens is 2. The van der Waals surface area contributed by atoms with E-state index in [4.69, 9.17) is 4.55 Å². The van der Waals surface area contributed by atoms with Gasteiger partial charge >= 0.3 is 15.4 Å². The molecule has 10 heavy (non-hydrogen) atoms. The lowest BCUT2D eigenvalue weighted by Crippen LogP contribution is -2.32. The van der Waals surface area contributed by atoms with Crippen molar-refractivity contribution in [2.45, 2.75) is 5.25 Å². The minimum absolute atomic E-state index is 0.902. The summed E-state index contributed by atoms with van der Waals surface area (Å²) in [7, 11) is -4.42. The minimum Gasteiger partial charge on any atom is -0.377 e. The molecule has 0 fully saturated rings. The van der Waals surface area contributed by atoms with E-state index in [9.17, 15) is 17.2 Å². The fourth-order valence-electron chi connectivity index (χ4n) is 0.242. The van der Waals surface area contributed by atoms with Crippen LogP contribution >= 0.6 is 0 Å². The average molecular weight is 176 g/mol. The van der Waals surface area contributed by atoms with E-state index in [2.05, 4.69) is 4.74 Å². The van der Waals surface area contributed by atoms with Gasteiger partial charge in [-0.2, -0.15) is 17.2 Å². The Morgan fingerprint density at radius 1 is 1.60 bits per heavy atom. The van der Waals surface area contributed by atoms with Gasteiger partial charge in [-0.1, -0.05) is 0 Å². The van der Waals surface area contributed by atoms with Gasteiger partial charge in [-0.25, -0.2) is 0 Å². The molecular formula is C3H6F2O4S. The first-order valence-electron chi connectivity index (χ1n) is 2.15. The van der Waals surface area contributed by atoms with E-state index < -0.39 is 22.0 Å². The number of ether oxygens (including phenoxy) is 1. The zero-order valence-corrected chi connectivity index (χ0v) is 5.86. The van der Waals surface area contributed by atoms with E-state index in [1.54, 1.807) is 0 Å². The number of alkyl halides is 2. The summed E-state index contributed by atoms with van der Waals surface area (Å²) in [6.07, 6.45) is 0. The molecule has 0 aliphatic heterocycles. The SMILES string of the molecule is COCC(F)(F)S(=O)(=O)O. The average Bonchev–Trinajstić information content (AvgIpc) is 1.61. The van der Waals surface area contributed by atoms with Crippen LogP contribution in [0.5, 0.6) is 0 Å². The first-order valence-corrected chi connectivity index (χ1v) is 3.59. The zero-order valence-electron chi connectivity index (χ0n) is 5.04. The summed E-state index contributed by atoms with van der Waals surface area (Å²) in [5, 5.41) is -4.21. The molecule has 0 aromatic rings. The molecule has 0 heterocycles. The summed E-state index contributed by atoms with van der Waals surface area (Å²) < 4.78 is 55.1. The van der Waals surface area contributed by atoms with Crippen LogP contribution in [0, 0.1) is 0 Å². The predicted molar refractivity (Wildman–Crippen MR) is 28.4 cm³/mol. The molecule has 0 aromatic carbocycles. The Labute approximate surface area is 56.5 Å². The standard InChI is InChI=1S/C3H6F2O4S/c1-9-2-3(4,5)10(6,7)8/h2H2,1H3,(H,6,7,8). The van der Waals surface area contributed by atoms with Gasteiger partial charge < -0.3 is 4.74 Å². The van der Waals surface area contributed by atoms with Crippen molar-refractivity contribution in [2.75, 3.05) is 13.7 Å². The van der Waals surface area contributed by atoms with Crippen molar-refractivity contribution in [3.63, 3.8) is 0 Å². The van der Waals surface area contributed by atoms with E-state index >= 15 is 0 Å². The molecule has 62 valence electrons. The van der Waals surface area contributed by atoms with Gasteiger partial charge in [0.25, 0.3) is 0 Å². The maximum atomic E-state index is 12.0. The molecule has 0 radical (unpaired) electrons. The van der Waals surface area contributed by atoms with Crippen molar-refractivity contribution in [1.82, 2.24) is 0 Å². The lowest BCUT2D eigenvalue weighted by Gasteiger charge is -2.09. The van der Waals surface area contributed by atoms with Gasteiger partial charge in [0.05, 0.1) is 0 Å². The normalized spacial score (nSPS) is 13.6. The van der Waals surface area contributed by atoms with Crippen LogP contribution in [0.25, 0.3) is 0 Å². The second-order valence-corrected chi connectivity index (χ2v) is 3.09. The Morgan fingerprint density at radius 3 is 2.10 bits per heavy atom. The van der Waals surface area contributed by atoms with E-state index in [0.717, 1.165) is 7.11 Å². The Bertz CT molecular complexity index is 197. The van der Waals surface area contributed by atoms with Gasteiger partial charge in [-0.15, -0.1) is 0 Å². The van der Waals surface area contributed by atoms with E-state index in [1.807, 2.05) is 0 Å². The largest absolute Gasteiger partial charge is 0.392 e. The van der Waals surface area contributed by atoms with Gasteiger partial charge in [0, 0.05) is 7.11 Å². The zero-order chi connectivity index (χ0) is 8.41. The lowest BCUT2D eigenvalue weighted by atomic mass is 10.8. The van der Waals surface area contributed by atoms with Crippen LogP contribution in [-0.2, 0) is 14.9 Å². The maximum absolute atomic E-state index is 12.0. The van der Waals surface area contributed by atoms with E-state index in [0.29, 0.717) is 0 Å². The van der Waals surface area contributed by atoms with Crippen molar-refractivity contribution in [2.24, 2.45) is 0 Å². The van der Waals surface area contributed by atoms with Crippen molar-refractivity contribution in [1.29, 1.82) is 0 Å². The third kappa shape index (κ3) is 2.16.